The van der Waals surface area contributed by atoms with Gasteiger partial charge in [-0.05, 0) is 24.7 Å². The molecule has 2 aromatic rings. The number of H-pyrrole nitrogens is 2. The van der Waals surface area contributed by atoms with E-state index in [1.807, 2.05) is 31.2 Å². The van der Waals surface area contributed by atoms with Gasteiger partial charge < -0.3 is 15.1 Å². The molecule has 1 unspecified atom stereocenters. The Balaban J connectivity index is 2.31. The highest BCUT2D eigenvalue weighted by atomic mass is 32.1. The van der Waals surface area contributed by atoms with Gasteiger partial charge in [-0.15, -0.1) is 0 Å². The van der Waals surface area contributed by atoms with E-state index < -0.39 is 6.10 Å². The number of nitrogens with one attached hydrogen (secondary N) is 2. The SMILES string of the molecule is Cc1ccc(C(O)c2c[nH]c(=S)[nH]2)cc1. The Labute approximate surface area is 92.8 Å². The summed E-state index contributed by atoms with van der Waals surface area (Å²) in [5.41, 5.74) is 2.71. The predicted octanol–water partition coefficient (Wildman–Crippen LogP) is 2.46. The number of benzene rings is 1. The minimum absolute atomic E-state index is 0.524. The van der Waals surface area contributed by atoms with Gasteiger partial charge in [0.1, 0.15) is 6.10 Å². The molecule has 15 heavy (non-hydrogen) atoms. The van der Waals surface area contributed by atoms with Gasteiger partial charge in [0.05, 0.1) is 5.69 Å². The summed E-state index contributed by atoms with van der Waals surface area (Å²) in [5.74, 6) is 0. The third kappa shape index (κ3) is 2.16. The molecule has 0 saturated heterocycles. The molecule has 4 heteroatoms. The lowest BCUT2D eigenvalue weighted by Gasteiger charge is -2.08. The van der Waals surface area contributed by atoms with E-state index in [0.717, 1.165) is 5.56 Å². The van der Waals surface area contributed by atoms with Crippen LogP contribution in [0.2, 0.25) is 0 Å². The molecule has 1 heterocycles. The standard InChI is InChI=1S/C11H12N2OS/c1-7-2-4-8(5-3-7)10(14)9-6-12-11(15)13-9/h2-6,10,14H,1H3,(H2,12,13,15). The zero-order chi connectivity index (χ0) is 10.8. The van der Waals surface area contributed by atoms with Crippen LogP contribution >= 0.6 is 12.2 Å². The van der Waals surface area contributed by atoms with E-state index in [0.29, 0.717) is 10.5 Å². The maximum Gasteiger partial charge on any atom is 0.174 e. The smallest absolute Gasteiger partial charge is 0.174 e. The fourth-order valence-corrected chi connectivity index (χ4v) is 1.60. The first-order chi connectivity index (χ1) is 7.16. The lowest BCUT2D eigenvalue weighted by Crippen LogP contribution is -1.99. The monoisotopic (exact) mass is 220 g/mol. The van der Waals surface area contributed by atoms with Crippen molar-refractivity contribution in [1.82, 2.24) is 9.97 Å². The minimum Gasteiger partial charge on any atom is -0.382 e. The van der Waals surface area contributed by atoms with Crippen LogP contribution in [0.3, 0.4) is 0 Å². The number of aliphatic hydroxyl groups excluding tert-OH is 1. The molecular formula is C11H12N2OS. The third-order valence-electron chi connectivity index (χ3n) is 2.30. The van der Waals surface area contributed by atoms with E-state index in [9.17, 15) is 5.11 Å². The van der Waals surface area contributed by atoms with Gasteiger partial charge in [-0.25, -0.2) is 0 Å². The second-order valence-electron chi connectivity index (χ2n) is 3.51. The number of aromatic amines is 2. The maximum absolute atomic E-state index is 10.00. The average Bonchev–Trinajstić information content (AvgIpc) is 2.65. The molecule has 78 valence electrons. The zero-order valence-corrected chi connectivity index (χ0v) is 9.14. The predicted molar refractivity (Wildman–Crippen MR) is 61.2 cm³/mol. The summed E-state index contributed by atoms with van der Waals surface area (Å²) in [7, 11) is 0. The van der Waals surface area contributed by atoms with E-state index in [-0.39, 0.29) is 0 Å². The molecule has 0 spiro atoms. The number of hydrogen-bond donors (Lipinski definition) is 3. The molecule has 0 amide bonds. The van der Waals surface area contributed by atoms with Gasteiger partial charge in [-0.3, -0.25) is 0 Å². The largest absolute Gasteiger partial charge is 0.382 e. The Morgan fingerprint density at radius 3 is 2.47 bits per heavy atom. The Hall–Kier alpha value is -1.39. The molecule has 0 bridgehead atoms. The first-order valence-electron chi connectivity index (χ1n) is 4.69. The molecule has 3 nitrogen and oxygen atoms in total. The van der Waals surface area contributed by atoms with Crippen LogP contribution in [0.5, 0.6) is 0 Å². The zero-order valence-electron chi connectivity index (χ0n) is 8.32. The molecule has 0 aliphatic rings. The highest BCUT2D eigenvalue weighted by Crippen LogP contribution is 2.19. The van der Waals surface area contributed by atoms with Crippen molar-refractivity contribution < 1.29 is 5.11 Å². The van der Waals surface area contributed by atoms with E-state index in [1.54, 1.807) is 6.20 Å². The summed E-state index contributed by atoms with van der Waals surface area (Å²) in [4.78, 5) is 5.73. The summed E-state index contributed by atoms with van der Waals surface area (Å²) in [6.45, 7) is 2.01. The van der Waals surface area contributed by atoms with E-state index in [2.05, 4.69) is 9.97 Å². The van der Waals surface area contributed by atoms with Crippen LogP contribution in [0, 0.1) is 11.7 Å². The van der Waals surface area contributed by atoms with E-state index in [1.165, 1.54) is 5.56 Å². The Morgan fingerprint density at radius 2 is 1.93 bits per heavy atom. The van der Waals surface area contributed by atoms with E-state index in [4.69, 9.17) is 12.2 Å². The number of imidazole rings is 1. The number of aliphatic hydroxyl groups is 1. The number of hydrogen-bond acceptors (Lipinski definition) is 2. The van der Waals surface area contributed by atoms with Crippen molar-refractivity contribution in [3.05, 3.63) is 52.1 Å². The molecular weight excluding hydrogens is 208 g/mol. The van der Waals surface area contributed by atoms with Gasteiger partial charge in [0, 0.05) is 6.20 Å². The molecule has 0 saturated carbocycles. The Kier molecular flexibility index (Phi) is 2.70. The van der Waals surface area contributed by atoms with Gasteiger partial charge in [0.25, 0.3) is 0 Å². The van der Waals surface area contributed by atoms with Crippen LogP contribution in [0.15, 0.2) is 30.5 Å². The molecule has 0 fully saturated rings. The van der Waals surface area contributed by atoms with Crippen molar-refractivity contribution in [3.8, 4) is 0 Å². The van der Waals surface area contributed by atoms with Gasteiger partial charge in [-0.2, -0.15) is 0 Å². The van der Waals surface area contributed by atoms with Gasteiger partial charge in [-0.1, -0.05) is 29.8 Å². The van der Waals surface area contributed by atoms with Crippen molar-refractivity contribution in [2.24, 2.45) is 0 Å². The fourth-order valence-electron chi connectivity index (χ4n) is 1.42. The van der Waals surface area contributed by atoms with Crippen LogP contribution in [-0.4, -0.2) is 15.1 Å². The number of aryl methyl sites for hydroxylation is 1. The van der Waals surface area contributed by atoms with Crippen molar-refractivity contribution in [1.29, 1.82) is 0 Å². The molecule has 1 aromatic carbocycles. The molecule has 2 rings (SSSR count). The van der Waals surface area contributed by atoms with Crippen LogP contribution < -0.4 is 0 Å². The number of aromatic nitrogens is 2. The van der Waals surface area contributed by atoms with Crippen molar-refractivity contribution >= 4 is 12.2 Å². The second kappa shape index (κ2) is 4.00. The van der Waals surface area contributed by atoms with E-state index >= 15 is 0 Å². The van der Waals surface area contributed by atoms with Crippen LogP contribution in [-0.2, 0) is 0 Å². The Morgan fingerprint density at radius 1 is 1.27 bits per heavy atom. The molecule has 1 atom stereocenters. The van der Waals surface area contributed by atoms with Gasteiger partial charge in [0.2, 0.25) is 0 Å². The molecule has 3 N–H and O–H groups in total. The number of rotatable bonds is 2. The molecule has 0 aliphatic carbocycles. The van der Waals surface area contributed by atoms with Crippen molar-refractivity contribution in [3.63, 3.8) is 0 Å². The minimum atomic E-state index is -0.654. The lowest BCUT2D eigenvalue weighted by molar-refractivity contribution is 0.216. The summed E-state index contributed by atoms with van der Waals surface area (Å²) in [6.07, 6.45) is 1.03. The fraction of sp³-hybridized carbons (Fsp3) is 0.182. The third-order valence-corrected chi connectivity index (χ3v) is 2.52. The second-order valence-corrected chi connectivity index (χ2v) is 3.92. The van der Waals surface area contributed by atoms with Gasteiger partial charge >= 0.3 is 0 Å². The lowest BCUT2D eigenvalue weighted by atomic mass is 10.1. The van der Waals surface area contributed by atoms with Crippen LogP contribution in [0.25, 0.3) is 0 Å². The van der Waals surface area contributed by atoms with Crippen LogP contribution in [0.4, 0.5) is 0 Å². The maximum atomic E-state index is 10.00. The first-order valence-corrected chi connectivity index (χ1v) is 5.10. The van der Waals surface area contributed by atoms with Crippen LogP contribution in [0.1, 0.15) is 22.9 Å². The summed E-state index contributed by atoms with van der Waals surface area (Å²) >= 11 is 4.90. The molecule has 0 aliphatic heterocycles. The summed E-state index contributed by atoms with van der Waals surface area (Å²) < 4.78 is 0.524. The quantitative estimate of drug-likeness (QED) is 0.681. The summed E-state index contributed by atoms with van der Waals surface area (Å²) in [6, 6.07) is 7.76. The highest BCUT2D eigenvalue weighted by Gasteiger charge is 2.10. The van der Waals surface area contributed by atoms with Crippen molar-refractivity contribution in [2.45, 2.75) is 13.0 Å². The summed E-state index contributed by atoms with van der Waals surface area (Å²) in [5, 5.41) is 10.00. The Bertz CT molecular complexity index is 498. The topological polar surface area (TPSA) is 51.8 Å². The van der Waals surface area contributed by atoms with Crippen molar-refractivity contribution in [2.75, 3.05) is 0 Å². The average molecular weight is 220 g/mol. The van der Waals surface area contributed by atoms with Gasteiger partial charge in [0.15, 0.2) is 4.77 Å². The first kappa shape index (κ1) is 10.1. The highest BCUT2D eigenvalue weighted by molar-refractivity contribution is 7.71. The molecule has 1 aromatic heterocycles. The normalized spacial score (nSPS) is 12.7. The molecule has 0 radical (unpaired) electrons.